The molecule has 2 aliphatic heterocycles. The Hall–Kier alpha value is -0.480. The first-order valence-corrected chi connectivity index (χ1v) is 11.7. The second-order valence-electron chi connectivity index (χ2n) is 10.4. The molecular weight excluding hydrogens is 456 g/mol. The number of aliphatic hydroxyl groups is 8. The van der Waals surface area contributed by atoms with Crippen molar-refractivity contribution in [2.45, 2.75) is 121 Å². The van der Waals surface area contributed by atoms with Crippen molar-refractivity contribution in [3.05, 3.63) is 0 Å². The zero-order valence-electron chi connectivity index (χ0n) is 20.2. The lowest BCUT2D eigenvalue weighted by Gasteiger charge is -2.45. The Labute approximate surface area is 199 Å². The quantitative estimate of drug-likeness (QED) is 0.159. The number of rotatable bonds is 10. The lowest BCUT2D eigenvalue weighted by molar-refractivity contribution is -0.356. The Kier molecular flexibility index (Phi) is 11.1. The highest BCUT2D eigenvalue weighted by Crippen LogP contribution is 2.31. The van der Waals surface area contributed by atoms with E-state index in [1.807, 2.05) is 20.8 Å². The van der Waals surface area contributed by atoms with Gasteiger partial charge in [0.25, 0.3) is 0 Å². The summed E-state index contributed by atoms with van der Waals surface area (Å²) in [7, 11) is 0. The molecule has 0 spiro atoms. The Morgan fingerprint density at radius 2 is 1.56 bits per heavy atom. The van der Waals surface area contributed by atoms with Crippen LogP contribution in [-0.2, 0) is 18.9 Å². The van der Waals surface area contributed by atoms with E-state index in [-0.39, 0.29) is 17.9 Å². The Morgan fingerprint density at radius 1 is 0.912 bits per heavy atom. The average molecular weight is 499 g/mol. The van der Waals surface area contributed by atoms with Gasteiger partial charge in [0, 0.05) is 0 Å². The Bertz CT molecular complexity index is 601. The van der Waals surface area contributed by atoms with Gasteiger partial charge in [0.15, 0.2) is 12.6 Å². The van der Waals surface area contributed by atoms with Gasteiger partial charge in [0.05, 0.1) is 25.4 Å². The summed E-state index contributed by atoms with van der Waals surface area (Å²) >= 11 is 0. The van der Waals surface area contributed by atoms with Gasteiger partial charge in [-0.1, -0.05) is 20.8 Å². The van der Waals surface area contributed by atoms with Crippen LogP contribution in [0.5, 0.6) is 0 Å². The largest absolute Gasteiger partial charge is 0.394 e. The first-order chi connectivity index (χ1) is 15.8. The minimum atomic E-state index is -1.70. The molecule has 0 aromatic heterocycles. The standard InChI is InChI=1S/C22H42O12/c1-10-5-6-11(25)20(31-10)34-19-16(29)14(9-24)32-21(17(19)30)33-18(13(27)8-23)15(28)12(26)7-22(2,3)4/h10-21,23-30H,5-9H2,1-4H3/t10-,11-,12-,13+,14+,15+,16-,17+,18+,19-,20+,21-/m0/s1. The van der Waals surface area contributed by atoms with E-state index in [9.17, 15) is 40.9 Å². The van der Waals surface area contributed by atoms with Crippen LogP contribution in [0.25, 0.3) is 0 Å². The van der Waals surface area contributed by atoms with E-state index in [4.69, 9.17) is 18.9 Å². The monoisotopic (exact) mass is 498 g/mol. The van der Waals surface area contributed by atoms with Gasteiger partial charge < -0.3 is 59.8 Å². The highest BCUT2D eigenvalue weighted by molar-refractivity contribution is 4.93. The van der Waals surface area contributed by atoms with Crippen LogP contribution in [0.1, 0.15) is 47.0 Å². The van der Waals surface area contributed by atoms with Crippen molar-refractivity contribution in [3.8, 4) is 0 Å². The van der Waals surface area contributed by atoms with Crippen molar-refractivity contribution in [2.24, 2.45) is 5.41 Å². The van der Waals surface area contributed by atoms with Crippen LogP contribution in [0.15, 0.2) is 0 Å². The molecule has 0 bridgehead atoms. The number of hydrogen-bond acceptors (Lipinski definition) is 12. The number of hydrogen-bond donors (Lipinski definition) is 8. The minimum Gasteiger partial charge on any atom is -0.394 e. The molecule has 0 unspecified atom stereocenters. The molecule has 12 nitrogen and oxygen atoms in total. The van der Waals surface area contributed by atoms with Gasteiger partial charge in [0.1, 0.15) is 48.8 Å². The van der Waals surface area contributed by atoms with Gasteiger partial charge in [-0.15, -0.1) is 0 Å². The Morgan fingerprint density at radius 3 is 2.12 bits per heavy atom. The molecule has 0 radical (unpaired) electrons. The molecule has 0 amide bonds. The van der Waals surface area contributed by atoms with E-state index in [1.165, 1.54) is 0 Å². The summed E-state index contributed by atoms with van der Waals surface area (Å²) in [5.74, 6) is 0. The van der Waals surface area contributed by atoms with Crippen molar-refractivity contribution in [1.29, 1.82) is 0 Å². The number of aliphatic hydroxyl groups excluding tert-OH is 8. The third kappa shape index (κ3) is 7.76. The van der Waals surface area contributed by atoms with Crippen LogP contribution >= 0.6 is 0 Å². The summed E-state index contributed by atoms with van der Waals surface area (Å²) < 4.78 is 22.3. The SMILES string of the molecule is C[C@H]1CC[C@H](O)[C@@H](O[C@H]2[C@@H](O)[C@@H](CO)O[C@@H](O[C@@H]([C@H](O)[C@@H](O)CC(C)(C)C)[C@H](O)CO)[C@@H]2O)O1. The van der Waals surface area contributed by atoms with Crippen molar-refractivity contribution in [2.75, 3.05) is 13.2 Å². The van der Waals surface area contributed by atoms with Gasteiger partial charge in [-0.3, -0.25) is 0 Å². The summed E-state index contributed by atoms with van der Waals surface area (Å²) in [5, 5.41) is 82.1. The molecule has 202 valence electrons. The maximum Gasteiger partial charge on any atom is 0.187 e. The third-order valence-electron chi connectivity index (χ3n) is 6.07. The fourth-order valence-electron chi connectivity index (χ4n) is 4.16. The second kappa shape index (κ2) is 12.7. The fourth-order valence-corrected chi connectivity index (χ4v) is 4.16. The molecule has 0 aromatic rings. The molecule has 0 aliphatic carbocycles. The van der Waals surface area contributed by atoms with Gasteiger partial charge in [-0.2, -0.15) is 0 Å². The van der Waals surface area contributed by atoms with Crippen LogP contribution in [0.2, 0.25) is 0 Å². The minimum absolute atomic E-state index is 0.138. The molecule has 2 fully saturated rings. The van der Waals surface area contributed by atoms with E-state index in [0.717, 1.165) is 0 Å². The highest BCUT2D eigenvalue weighted by Gasteiger charge is 2.50. The first-order valence-electron chi connectivity index (χ1n) is 11.7. The van der Waals surface area contributed by atoms with Crippen molar-refractivity contribution in [3.63, 3.8) is 0 Å². The predicted octanol–water partition coefficient (Wildman–Crippen LogP) is -2.41. The van der Waals surface area contributed by atoms with Crippen molar-refractivity contribution < 1.29 is 59.8 Å². The third-order valence-corrected chi connectivity index (χ3v) is 6.07. The molecule has 2 aliphatic rings. The topological polar surface area (TPSA) is 199 Å². The van der Waals surface area contributed by atoms with Crippen LogP contribution < -0.4 is 0 Å². The van der Waals surface area contributed by atoms with Gasteiger partial charge in [0.2, 0.25) is 0 Å². The summed E-state index contributed by atoms with van der Waals surface area (Å²) in [6.45, 7) is 5.80. The highest BCUT2D eigenvalue weighted by atomic mass is 16.7. The smallest absolute Gasteiger partial charge is 0.187 e. The van der Waals surface area contributed by atoms with E-state index in [2.05, 4.69) is 0 Å². The van der Waals surface area contributed by atoms with Crippen LogP contribution in [-0.4, -0.2) is 128 Å². The van der Waals surface area contributed by atoms with Gasteiger partial charge in [-0.25, -0.2) is 0 Å². The van der Waals surface area contributed by atoms with E-state index >= 15 is 0 Å². The van der Waals surface area contributed by atoms with Crippen LogP contribution in [0.4, 0.5) is 0 Å². The maximum absolute atomic E-state index is 10.9. The normalized spacial score (nSPS) is 38.8. The molecule has 0 aromatic carbocycles. The van der Waals surface area contributed by atoms with E-state index in [0.29, 0.717) is 12.8 Å². The molecule has 34 heavy (non-hydrogen) atoms. The molecule has 12 heteroatoms. The second-order valence-corrected chi connectivity index (χ2v) is 10.4. The summed E-state index contributed by atoms with van der Waals surface area (Å²) in [5.41, 5.74) is -0.376. The molecule has 2 saturated heterocycles. The molecule has 0 saturated carbocycles. The van der Waals surface area contributed by atoms with Gasteiger partial charge >= 0.3 is 0 Å². The Balaban J connectivity index is 2.21. The zero-order valence-corrected chi connectivity index (χ0v) is 20.2. The van der Waals surface area contributed by atoms with Crippen molar-refractivity contribution >= 4 is 0 Å². The maximum atomic E-state index is 10.9. The fraction of sp³-hybridized carbons (Fsp3) is 1.00. The predicted molar refractivity (Wildman–Crippen MR) is 116 cm³/mol. The molecule has 2 heterocycles. The molecule has 8 N–H and O–H groups in total. The molecule has 2 rings (SSSR count). The molecular formula is C22H42O12. The van der Waals surface area contributed by atoms with E-state index in [1.54, 1.807) is 6.92 Å². The molecule has 12 atom stereocenters. The average Bonchev–Trinajstić information content (AvgIpc) is 2.76. The number of ether oxygens (including phenoxy) is 4. The van der Waals surface area contributed by atoms with Gasteiger partial charge in [-0.05, 0) is 31.6 Å². The van der Waals surface area contributed by atoms with E-state index < -0.39 is 80.7 Å². The zero-order chi connectivity index (χ0) is 25.8. The summed E-state index contributed by atoms with van der Waals surface area (Å²) in [4.78, 5) is 0. The summed E-state index contributed by atoms with van der Waals surface area (Å²) in [6.07, 6.45) is -15.1. The lowest BCUT2D eigenvalue weighted by atomic mass is 9.86. The van der Waals surface area contributed by atoms with Crippen molar-refractivity contribution in [1.82, 2.24) is 0 Å². The van der Waals surface area contributed by atoms with Crippen LogP contribution in [0, 0.1) is 5.41 Å². The van der Waals surface area contributed by atoms with Crippen LogP contribution in [0.3, 0.4) is 0 Å². The summed E-state index contributed by atoms with van der Waals surface area (Å²) in [6, 6.07) is 0. The lowest BCUT2D eigenvalue weighted by Crippen LogP contribution is -2.63. The first kappa shape index (κ1) is 29.7.